The highest BCUT2D eigenvalue weighted by atomic mass is 35.5. The lowest BCUT2D eigenvalue weighted by Crippen LogP contribution is -2.29. The molecule has 2 aromatic carbocycles. The molecule has 0 fully saturated rings. The minimum Gasteiger partial charge on any atom is -0.391 e. The SMILES string of the molecule is O=P(O)(Cc1ccccc1)C[C@@H](O)CNCc1ccc(Cl)cc1. The van der Waals surface area contributed by atoms with Crippen molar-refractivity contribution in [1.82, 2.24) is 5.32 Å². The average molecular weight is 354 g/mol. The molecule has 23 heavy (non-hydrogen) atoms. The predicted molar refractivity (Wildman–Crippen MR) is 94.0 cm³/mol. The predicted octanol–water partition coefficient (Wildman–Crippen LogP) is 3.26. The first-order chi connectivity index (χ1) is 10.9. The molecule has 0 saturated heterocycles. The fourth-order valence-electron chi connectivity index (χ4n) is 2.31. The summed E-state index contributed by atoms with van der Waals surface area (Å²) in [5, 5.41) is 13.7. The number of aliphatic hydroxyl groups excluding tert-OH is 1. The zero-order valence-electron chi connectivity index (χ0n) is 12.7. The average Bonchev–Trinajstić information content (AvgIpc) is 2.49. The van der Waals surface area contributed by atoms with E-state index in [4.69, 9.17) is 11.6 Å². The summed E-state index contributed by atoms with van der Waals surface area (Å²) in [6.45, 7) is 0.838. The maximum absolute atomic E-state index is 12.2. The Morgan fingerprint density at radius 1 is 1.04 bits per heavy atom. The monoisotopic (exact) mass is 353 g/mol. The molecule has 2 rings (SSSR count). The van der Waals surface area contributed by atoms with E-state index >= 15 is 0 Å². The Kier molecular flexibility index (Phi) is 6.82. The van der Waals surface area contributed by atoms with Crippen molar-refractivity contribution in [2.24, 2.45) is 0 Å². The fourth-order valence-corrected chi connectivity index (χ4v) is 4.14. The van der Waals surface area contributed by atoms with Gasteiger partial charge in [-0.3, -0.25) is 4.57 Å². The van der Waals surface area contributed by atoms with E-state index in [0.717, 1.165) is 11.1 Å². The normalized spacial score (nSPS) is 15.1. The zero-order chi connectivity index (χ0) is 16.7. The summed E-state index contributed by atoms with van der Waals surface area (Å²) in [7, 11) is -3.40. The van der Waals surface area contributed by atoms with E-state index in [-0.39, 0.29) is 18.9 Å². The largest absolute Gasteiger partial charge is 0.391 e. The second-order valence-electron chi connectivity index (χ2n) is 5.58. The molecule has 0 aliphatic heterocycles. The van der Waals surface area contributed by atoms with Crippen LogP contribution in [0.1, 0.15) is 11.1 Å². The summed E-state index contributed by atoms with van der Waals surface area (Å²) in [6.07, 6.45) is -0.890. The van der Waals surface area contributed by atoms with Gasteiger partial charge in [-0.15, -0.1) is 0 Å². The van der Waals surface area contributed by atoms with E-state index in [0.29, 0.717) is 11.6 Å². The summed E-state index contributed by atoms with van der Waals surface area (Å²) in [5.41, 5.74) is 1.85. The summed E-state index contributed by atoms with van der Waals surface area (Å²) in [5.74, 6) is 0. The molecule has 6 heteroatoms. The van der Waals surface area contributed by atoms with Crippen LogP contribution in [-0.4, -0.2) is 28.8 Å². The molecule has 0 aliphatic carbocycles. The lowest BCUT2D eigenvalue weighted by atomic mass is 10.2. The van der Waals surface area contributed by atoms with Crippen molar-refractivity contribution >= 4 is 19.0 Å². The van der Waals surface area contributed by atoms with Gasteiger partial charge in [0, 0.05) is 24.3 Å². The van der Waals surface area contributed by atoms with Gasteiger partial charge in [0.25, 0.3) is 0 Å². The summed E-state index contributed by atoms with van der Waals surface area (Å²) in [6, 6.07) is 16.6. The van der Waals surface area contributed by atoms with Crippen molar-refractivity contribution in [2.45, 2.75) is 18.8 Å². The number of rotatable bonds is 8. The molecule has 0 heterocycles. The third kappa shape index (κ3) is 6.86. The molecule has 0 aliphatic rings. The second kappa shape index (κ2) is 8.62. The van der Waals surface area contributed by atoms with E-state index in [1.807, 2.05) is 42.5 Å². The Morgan fingerprint density at radius 2 is 1.70 bits per heavy atom. The molecule has 4 nitrogen and oxygen atoms in total. The van der Waals surface area contributed by atoms with Gasteiger partial charge in [-0.05, 0) is 23.3 Å². The van der Waals surface area contributed by atoms with Crippen LogP contribution in [0.25, 0.3) is 0 Å². The molecule has 0 radical (unpaired) electrons. The second-order valence-corrected chi connectivity index (χ2v) is 8.39. The maximum Gasteiger partial charge on any atom is 0.207 e. The first-order valence-corrected chi connectivity index (χ1v) is 9.83. The molecule has 3 N–H and O–H groups in total. The molecule has 0 spiro atoms. The third-order valence-corrected chi connectivity index (χ3v) is 5.49. The number of benzene rings is 2. The van der Waals surface area contributed by atoms with Gasteiger partial charge in [-0.2, -0.15) is 0 Å². The molecule has 0 bridgehead atoms. The van der Waals surface area contributed by atoms with Gasteiger partial charge < -0.3 is 15.3 Å². The third-order valence-electron chi connectivity index (χ3n) is 3.39. The highest BCUT2D eigenvalue weighted by molar-refractivity contribution is 7.57. The van der Waals surface area contributed by atoms with Crippen molar-refractivity contribution in [2.75, 3.05) is 12.7 Å². The first kappa shape index (κ1) is 18.2. The number of nitrogens with one attached hydrogen (secondary N) is 1. The van der Waals surface area contributed by atoms with Crippen molar-refractivity contribution in [1.29, 1.82) is 0 Å². The lowest BCUT2D eigenvalue weighted by Gasteiger charge is -2.17. The highest BCUT2D eigenvalue weighted by Gasteiger charge is 2.23. The van der Waals surface area contributed by atoms with Gasteiger partial charge in [0.15, 0.2) is 0 Å². The molecular weight excluding hydrogens is 333 g/mol. The first-order valence-electron chi connectivity index (χ1n) is 7.42. The Hall–Kier alpha value is -1.16. The van der Waals surface area contributed by atoms with Crippen LogP contribution in [0.4, 0.5) is 0 Å². The highest BCUT2D eigenvalue weighted by Crippen LogP contribution is 2.44. The molecule has 2 atom stereocenters. The van der Waals surface area contributed by atoms with Crippen molar-refractivity contribution in [3.63, 3.8) is 0 Å². The molecular formula is C17H21ClNO3P. The van der Waals surface area contributed by atoms with Gasteiger partial charge in [0.05, 0.1) is 12.3 Å². The van der Waals surface area contributed by atoms with Crippen molar-refractivity contribution < 1.29 is 14.6 Å². The Balaban J connectivity index is 1.76. The Bertz CT molecular complexity index is 649. The van der Waals surface area contributed by atoms with Gasteiger partial charge >= 0.3 is 0 Å². The van der Waals surface area contributed by atoms with Crippen LogP contribution in [0.2, 0.25) is 5.02 Å². The molecule has 124 valence electrons. The topological polar surface area (TPSA) is 69.6 Å². The van der Waals surface area contributed by atoms with Gasteiger partial charge in [0.2, 0.25) is 7.37 Å². The fraction of sp³-hybridized carbons (Fsp3) is 0.294. The summed E-state index contributed by atoms with van der Waals surface area (Å²) >= 11 is 5.82. The quantitative estimate of drug-likeness (QED) is 0.637. The molecule has 2 aromatic rings. The van der Waals surface area contributed by atoms with E-state index in [1.54, 1.807) is 12.1 Å². The smallest absolute Gasteiger partial charge is 0.207 e. The number of halogens is 1. The molecule has 0 saturated carbocycles. The van der Waals surface area contributed by atoms with E-state index in [2.05, 4.69) is 5.32 Å². The van der Waals surface area contributed by atoms with Crippen LogP contribution in [0, 0.1) is 0 Å². The number of hydrogen-bond donors (Lipinski definition) is 3. The van der Waals surface area contributed by atoms with Crippen LogP contribution >= 0.6 is 19.0 Å². The van der Waals surface area contributed by atoms with Gasteiger partial charge in [0.1, 0.15) is 0 Å². The molecule has 0 amide bonds. The Labute approximate surface area is 141 Å². The molecule has 0 aromatic heterocycles. The minimum atomic E-state index is -3.40. The lowest BCUT2D eigenvalue weighted by molar-refractivity contribution is 0.190. The summed E-state index contributed by atoms with van der Waals surface area (Å²) in [4.78, 5) is 10.0. The number of aliphatic hydroxyl groups is 1. The maximum atomic E-state index is 12.2. The van der Waals surface area contributed by atoms with Crippen molar-refractivity contribution in [3.05, 3.63) is 70.7 Å². The van der Waals surface area contributed by atoms with Crippen LogP contribution in [0.3, 0.4) is 0 Å². The summed E-state index contributed by atoms with van der Waals surface area (Å²) < 4.78 is 12.2. The van der Waals surface area contributed by atoms with Crippen molar-refractivity contribution in [3.8, 4) is 0 Å². The zero-order valence-corrected chi connectivity index (χ0v) is 14.4. The van der Waals surface area contributed by atoms with Crippen LogP contribution in [0.15, 0.2) is 54.6 Å². The minimum absolute atomic E-state index is 0.0854. The standard InChI is InChI=1S/C17H21ClNO3P/c18-16-8-6-14(7-9-16)10-19-11-17(20)13-23(21,22)12-15-4-2-1-3-5-15/h1-9,17,19-20H,10-13H2,(H,21,22)/t17-/m0/s1. The van der Waals surface area contributed by atoms with E-state index in [9.17, 15) is 14.6 Å². The Morgan fingerprint density at radius 3 is 2.35 bits per heavy atom. The van der Waals surface area contributed by atoms with Crippen LogP contribution in [-0.2, 0) is 17.3 Å². The van der Waals surface area contributed by atoms with Gasteiger partial charge in [-0.25, -0.2) is 0 Å². The van der Waals surface area contributed by atoms with Crippen LogP contribution < -0.4 is 5.32 Å². The van der Waals surface area contributed by atoms with E-state index < -0.39 is 13.5 Å². The van der Waals surface area contributed by atoms with E-state index in [1.165, 1.54) is 0 Å². The van der Waals surface area contributed by atoms with Gasteiger partial charge in [-0.1, -0.05) is 54.1 Å². The van der Waals surface area contributed by atoms with Crippen LogP contribution in [0.5, 0.6) is 0 Å². The number of hydrogen-bond acceptors (Lipinski definition) is 3. The molecule has 1 unspecified atom stereocenters.